The highest BCUT2D eigenvalue weighted by Crippen LogP contribution is 2.39. The number of aromatic nitrogens is 3. The molecule has 0 fully saturated rings. The van der Waals surface area contributed by atoms with Gasteiger partial charge in [0.2, 0.25) is 11.8 Å². The van der Waals surface area contributed by atoms with Crippen LogP contribution in [0.25, 0.3) is 11.1 Å². The van der Waals surface area contributed by atoms with Crippen molar-refractivity contribution in [2.45, 2.75) is 26.4 Å². The molecule has 10 nitrogen and oxygen atoms in total. The molecule has 0 N–H and O–H groups in total. The Hall–Kier alpha value is -3.73. The summed E-state index contributed by atoms with van der Waals surface area (Å²) in [6.07, 6.45) is 5.50. The first-order chi connectivity index (χ1) is 16.1. The van der Waals surface area contributed by atoms with Gasteiger partial charge in [-0.05, 0) is 30.7 Å². The lowest BCUT2D eigenvalue weighted by atomic mass is 10.0. The van der Waals surface area contributed by atoms with Gasteiger partial charge in [0.1, 0.15) is 9.84 Å². The van der Waals surface area contributed by atoms with E-state index in [4.69, 9.17) is 4.74 Å². The number of fused-ring (bicyclic) bond motifs is 1. The number of amides is 2. The fourth-order valence-corrected chi connectivity index (χ4v) is 4.42. The van der Waals surface area contributed by atoms with Crippen molar-refractivity contribution in [3.05, 3.63) is 55.0 Å². The number of hydrogen-bond donors (Lipinski definition) is 0. The van der Waals surface area contributed by atoms with E-state index in [-0.39, 0.29) is 36.7 Å². The van der Waals surface area contributed by atoms with Crippen molar-refractivity contribution in [1.82, 2.24) is 14.8 Å². The van der Waals surface area contributed by atoms with E-state index < -0.39 is 15.9 Å². The van der Waals surface area contributed by atoms with Gasteiger partial charge >= 0.3 is 6.09 Å². The summed E-state index contributed by atoms with van der Waals surface area (Å²) in [5.74, 6) is 0.0310. The molecule has 178 valence electrons. The number of sulfone groups is 1. The first-order valence-corrected chi connectivity index (χ1v) is 12.7. The van der Waals surface area contributed by atoms with Crippen molar-refractivity contribution in [2.75, 3.05) is 28.4 Å². The average molecular weight is 484 g/mol. The molecule has 0 saturated heterocycles. The summed E-state index contributed by atoms with van der Waals surface area (Å²) in [5.41, 5.74) is 2.63. The molecule has 1 atom stereocenters. The van der Waals surface area contributed by atoms with Gasteiger partial charge in [-0.15, -0.1) is 0 Å². The Labute approximate surface area is 197 Å². The van der Waals surface area contributed by atoms with E-state index >= 15 is 0 Å². The molecule has 34 heavy (non-hydrogen) atoms. The molecule has 0 unspecified atom stereocenters. The molecule has 0 saturated carbocycles. The lowest BCUT2D eigenvalue weighted by Gasteiger charge is -2.40. The second-order valence-corrected chi connectivity index (χ2v) is 10.5. The SMILES string of the molecule is CC(=O)N1c2ccc(-c3cnn(CCS(C)(=O)=O)c3)cc2N(C(=O)Oc2ccccn2)C[C@@H]1C. The van der Waals surface area contributed by atoms with Crippen LogP contribution in [0.3, 0.4) is 0 Å². The zero-order valence-corrected chi connectivity index (χ0v) is 19.9. The molecule has 0 bridgehead atoms. The van der Waals surface area contributed by atoms with E-state index in [2.05, 4.69) is 10.1 Å². The summed E-state index contributed by atoms with van der Waals surface area (Å²) in [6, 6.07) is 10.2. The largest absolute Gasteiger partial charge is 0.421 e. The first-order valence-electron chi connectivity index (χ1n) is 10.7. The molecule has 0 spiro atoms. The molecule has 2 aromatic heterocycles. The van der Waals surface area contributed by atoms with Gasteiger partial charge in [0.05, 0.1) is 35.9 Å². The van der Waals surface area contributed by atoms with Crippen LogP contribution in [0.2, 0.25) is 0 Å². The van der Waals surface area contributed by atoms with Gasteiger partial charge in [-0.2, -0.15) is 5.10 Å². The fourth-order valence-electron chi connectivity index (χ4n) is 3.90. The van der Waals surface area contributed by atoms with Crippen molar-refractivity contribution in [1.29, 1.82) is 0 Å². The van der Waals surface area contributed by atoms with Gasteiger partial charge in [-0.1, -0.05) is 12.1 Å². The Kier molecular flexibility index (Phi) is 6.38. The normalized spacial score (nSPS) is 15.7. The number of benzene rings is 1. The van der Waals surface area contributed by atoms with Crippen LogP contribution in [0.15, 0.2) is 55.0 Å². The van der Waals surface area contributed by atoms with Crippen LogP contribution in [0.5, 0.6) is 5.88 Å². The molecule has 0 radical (unpaired) electrons. The van der Waals surface area contributed by atoms with E-state index in [0.29, 0.717) is 11.4 Å². The molecular weight excluding hydrogens is 458 g/mol. The van der Waals surface area contributed by atoms with Gasteiger partial charge in [0.15, 0.2) is 0 Å². The van der Waals surface area contributed by atoms with Gasteiger partial charge in [0.25, 0.3) is 0 Å². The smallest absolute Gasteiger partial charge is 0.391 e. The molecule has 3 heterocycles. The number of carbonyl (C=O) groups excluding carboxylic acids is 2. The Morgan fingerprint density at radius 1 is 1.15 bits per heavy atom. The number of ether oxygens (including phenoxy) is 1. The van der Waals surface area contributed by atoms with Gasteiger partial charge in [-0.25, -0.2) is 18.2 Å². The summed E-state index contributed by atoms with van der Waals surface area (Å²) in [5, 5.41) is 4.25. The van der Waals surface area contributed by atoms with Crippen LogP contribution in [0, 0.1) is 0 Å². The highest BCUT2D eigenvalue weighted by molar-refractivity contribution is 7.90. The minimum Gasteiger partial charge on any atom is -0.391 e. The summed E-state index contributed by atoms with van der Waals surface area (Å²) in [6.45, 7) is 3.84. The lowest BCUT2D eigenvalue weighted by Crippen LogP contribution is -2.52. The molecular formula is C23H25N5O5S. The maximum Gasteiger partial charge on any atom is 0.421 e. The fraction of sp³-hybridized carbons (Fsp3) is 0.304. The number of hydrogen-bond acceptors (Lipinski definition) is 7. The third-order valence-electron chi connectivity index (χ3n) is 5.46. The van der Waals surface area contributed by atoms with Crippen molar-refractivity contribution >= 4 is 33.2 Å². The molecule has 11 heteroatoms. The predicted octanol–water partition coefficient (Wildman–Crippen LogP) is 2.75. The Balaban J connectivity index is 1.68. The monoisotopic (exact) mass is 483 g/mol. The molecule has 1 aromatic carbocycles. The number of nitrogens with zero attached hydrogens (tertiary/aromatic N) is 5. The maximum atomic E-state index is 13.1. The van der Waals surface area contributed by atoms with Crippen LogP contribution in [-0.4, -0.2) is 59.8 Å². The van der Waals surface area contributed by atoms with Crippen LogP contribution in [0.4, 0.5) is 16.2 Å². The van der Waals surface area contributed by atoms with Crippen molar-refractivity contribution in [2.24, 2.45) is 0 Å². The second kappa shape index (κ2) is 9.26. The molecule has 4 rings (SSSR count). The Bertz CT molecular complexity index is 1320. The third kappa shape index (κ3) is 5.09. The standard InChI is InChI=1S/C23H25N5O5S/c1-16-14-27(23(30)33-22-6-4-5-9-24-22)21-12-18(7-8-20(21)28(16)17(2)29)19-13-25-26(15-19)10-11-34(3,31)32/h4-9,12-13,15-16H,10-11,14H2,1-3H3/t16-/m0/s1. The van der Waals surface area contributed by atoms with Gasteiger partial charge in [0, 0.05) is 43.7 Å². The Morgan fingerprint density at radius 2 is 1.94 bits per heavy atom. The molecule has 0 aliphatic carbocycles. The first kappa shape index (κ1) is 23.4. The lowest BCUT2D eigenvalue weighted by molar-refractivity contribution is -0.117. The van der Waals surface area contributed by atoms with Crippen molar-refractivity contribution in [3.8, 4) is 17.0 Å². The summed E-state index contributed by atoms with van der Waals surface area (Å²) < 4.78 is 29.9. The zero-order chi connectivity index (χ0) is 24.5. The topological polar surface area (TPSA) is 115 Å². The quantitative estimate of drug-likeness (QED) is 0.548. The van der Waals surface area contributed by atoms with E-state index in [1.807, 2.05) is 13.0 Å². The maximum absolute atomic E-state index is 13.1. The highest BCUT2D eigenvalue weighted by Gasteiger charge is 2.35. The number of aryl methyl sites for hydroxylation is 1. The number of anilines is 2. The molecule has 1 aliphatic heterocycles. The Morgan fingerprint density at radius 3 is 2.62 bits per heavy atom. The van der Waals surface area contributed by atoms with E-state index in [9.17, 15) is 18.0 Å². The van der Waals surface area contributed by atoms with Crippen LogP contribution in [-0.2, 0) is 21.2 Å². The molecule has 3 aromatic rings. The summed E-state index contributed by atoms with van der Waals surface area (Å²) in [4.78, 5) is 32.6. The summed E-state index contributed by atoms with van der Waals surface area (Å²) in [7, 11) is -3.11. The van der Waals surface area contributed by atoms with Crippen LogP contribution >= 0.6 is 0 Å². The minimum absolute atomic E-state index is 0.0170. The van der Waals surface area contributed by atoms with Gasteiger partial charge < -0.3 is 9.64 Å². The van der Waals surface area contributed by atoms with Crippen LogP contribution in [0.1, 0.15) is 13.8 Å². The molecule has 1 aliphatic rings. The third-order valence-corrected chi connectivity index (χ3v) is 6.38. The summed E-state index contributed by atoms with van der Waals surface area (Å²) >= 11 is 0. The van der Waals surface area contributed by atoms with Gasteiger partial charge in [-0.3, -0.25) is 14.4 Å². The van der Waals surface area contributed by atoms with Crippen molar-refractivity contribution in [3.63, 3.8) is 0 Å². The van der Waals surface area contributed by atoms with E-state index in [1.54, 1.807) is 52.3 Å². The average Bonchev–Trinajstić information content (AvgIpc) is 3.26. The van der Waals surface area contributed by atoms with Crippen LogP contribution < -0.4 is 14.5 Å². The minimum atomic E-state index is -3.11. The number of rotatable bonds is 5. The molecule has 2 amide bonds. The van der Waals surface area contributed by atoms with E-state index in [1.165, 1.54) is 24.3 Å². The van der Waals surface area contributed by atoms with Crippen molar-refractivity contribution < 1.29 is 22.7 Å². The van der Waals surface area contributed by atoms with E-state index in [0.717, 1.165) is 11.1 Å². The highest BCUT2D eigenvalue weighted by atomic mass is 32.2. The second-order valence-electron chi connectivity index (χ2n) is 8.21. The predicted molar refractivity (Wildman–Crippen MR) is 128 cm³/mol. The zero-order valence-electron chi connectivity index (χ0n) is 19.1. The number of carbonyl (C=O) groups is 2. The number of pyridine rings is 1.